The van der Waals surface area contributed by atoms with Gasteiger partial charge in [0.1, 0.15) is 6.61 Å². The summed E-state index contributed by atoms with van der Waals surface area (Å²) in [5.74, 6) is 0.905. The van der Waals surface area contributed by atoms with Gasteiger partial charge in [0.05, 0.1) is 21.1 Å². The van der Waals surface area contributed by atoms with Crippen molar-refractivity contribution in [2.75, 3.05) is 6.61 Å². The Labute approximate surface area is 229 Å². The number of ketones is 2. The molecule has 8 heteroatoms. The standard InChI is InChI=1S/C28H26BrCl2NO4/c1-2-35-24-13-16(12-17(29)28(24)36-14-15-9-10-18(30)19(31)11-15)25-26-20(5-3-7-22(26)33)32-21-6-4-8-23(34)27(21)25/h9-13,25,32H,2-8,14H2,1H3. The molecule has 0 bridgehead atoms. The van der Waals surface area contributed by atoms with E-state index in [1.807, 2.05) is 25.1 Å². The third-order valence-electron chi connectivity index (χ3n) is 6.82. The van der Waals surface area contributed by atoms with Gasteiger partial charge in [0, 0.05) is 41.3 Å². The van der Waals surface area contributed by atoms with Crippen molar-refractivity contribution in [3.63, 3.8) is 0 Å². The summed E-state index contributed by atoms with van der Waals surface area (Å²) in [6.45, 7) is 2.61. The number of halogens is 3. The number of nitrogens with one attached hydrogen (secondary N) is 1. The lowest BCUT2D eigenvalue weighted by Crippen LogP contribution is -2.36. The Hall–Kier alpha value is -2.28. The highest BCUT2D eigenvalue weighted by Gasteiger charge is 2.40. The number of hydrogen-bond acceptors (Lipinski definition) is 5. The van der Waals surface area contributed by atoms with Crippen LogP contribution < -0.4 is 14.8 Å². The van der Waals surface area contributed by atoms with Gasteiger partial charge in [-0.25, -0.2) is 0 Å². The van der Waals surface area contributed by atoms with Crippen LogP contribution in [-0.2, 0) is 16.2 Å². The molecule has 0 fully saturated rings. The van der Waals surface area contributed by atoms with Crippen LogP contribution in [0.25, 0.3) is 0 Å². The largest absolute Gasteiger partial charge is 0.490 e. The maximum atomic E-state index is 13.1. The normalized spacial score (nSPS) is 18.1. The lowest BCUT2D eigenvalue weighted by Gasteiger charge is -2.37. The van der Waals surface area contributed by atoms with Gasteiger partial charge >= 0.3 is 0 Å². The molecule has 2 aromatic rings. The van der Waals surface area contributed by atoms with Crippen molar-refractivity contribution in [2.45, 2.75) is 58.0 Å². The first-order chi connectivity index (χ1) is 17.4. The number of Topliss-reactive ketones (excluding diaryl/α,β-unsaturated/α-hetero) is 2. The first-order valence-electron chi connectivity index (χ1n) is 12.2. The molecule has 2 aromatic carbocycles. The van der Waals surface area contributed by atoms with Gasteiger partial charge in [-0.1, -0.05) is 29.3 Å². The van der Waals surface area contributed by atoms with Gasteiger partial charge in [0.25, 0.3) is 0 Å². The Bertz CT molecular complexity index is 1270. The predicted octanol–water partition coefficient (Wildman–Crippen LogP) is 7.43. The second-order valence-electron chi connectivity index (χ2n) is 9.20. The Balaban J connectivity index is 1.56. The van der Waals surface area contributed by atoms with Gasteiger partial charge in [-0.15, -0.1) is 0 Å². The third kappa shape index (κ3) is 4.83. The van der Waals surface area contributed by atoms with Crippen molar-refractivity contribution < 1.29 is 19.1 Å². The van der Waals surface area contributed by atoms with Crippen LogP contribution in [-0.4, -0.2) is 18.2 Å². The van der Waals surface area contributed by atoms with Crippen molar-refractivity contribution in [2.24, 2.45) is 0 Å². The van der Waals surface area contributed by atoms with E-state index in [1.165, 1.54) is 0 Å². The highest BCUT2D eigenvalue weighted by atomic mass is 79.9. The molecular weight excluding hydrogens is 565 g/mol. The molecule has 1 heterocycles. The molecule has 0 saturated carbocycles. The van der Waals surface area contributed by atoms with Crippen molar-refractivity contribution in [1.82, 2.24) is 5.32 Å². The lowest BCUT2D eigenvalue weighted by molar-refractivity contribution is -0.116. The molecule has 0 aromatic heterocycles. The Morgan fingerprint density at radius 1 is 0.917 bits per heavy atom. The highest BCUT2D eigenvalue weighted by molar-refractivity contribution is 9.10. The highest BCUT2D eigenvalue weighted by Crippen LogP contribution is 2.48. The van der Waals surface area contributed by atoms with Crippen LogP contribution in [0.2, 0.25) is 10.0 Å². The summed E-state index contributed by atoms with van der Waals surface area (Å²) in [5, 5.41) is 4.41. The van der Waals surface area contributed by atoms with Crippen LogP contribution in [0.1, 0.15) is 62.5 Å². The monoisotopic (exact) mass is 589 g/mol. The minimum absolute atomic E-state index is 0.104. The summed E-state index contributed by atoms with van der Waals surface area (Å²) in [5.41, 5.74) is 5.06. The second-order valence-corrected chi connectivity index (χ2v) is 10.9. The average Bonchev–Trinajstić information content (AvgIpc) is 2.85. The van der Waals surface area contributed by atoms with Crippen LogP contribution in [0.5, 0.6) is 11.5 Å². The lowest BCUT2D eigenvalue weighted by atomic mass is 9.71. The van der Waals surface area contributed by atoms with Gasteiger partial charge in [-0.3, -0.25) is 9.59 Å². The molecule has 0 spiro atoms. The molecule has 36 heavy (non-hydrogen) atoms. The summed E-state index contributed by atoms with van der Waals surface area (Å²) in [4.78, 5) is 26.3. The minimum Gasteiger partial charge on any atom is -0.490 e. The van der Waals surface area contributed by atoms with E-state index in [-0.39, 0.29) is 18.2 Å². The van der Waals surface area contributed by atoms with E-state index in [4.69, 9.17) is 32.7 Å². The molecule has 1 aliphatic heterocycles. The molecule has 0 unspecified atom stereocenters. The van der Waals surface area contributed by atoms with Crippen LogP contribution in [0.15, 0.2) is 57.3 Å². The zero-order chi connectivity index (χ0) is 25.4. The molecule has 1 N–H and O–H groups in total. The molecule has 0 radical (unpaired) electrons. The number of carbonyl (C=O) groups excluding carboxylic acids is 2. The molecule has 0 saturated heterocycles. The van der Waals surface area contributed by atoms with Crippen molar-refractivity contribution in [3.8, 4) is 11.5 Å². The van der Waals surface area contributed by atoms with Crippen molar-refractivity contribution in [3.05, 3.63) is 78.5 Å². The second kappa shape index (κ2) is 10.6. The Morgan fingerprint density at radius 3 is 2.19 bits per heavy atom. The number of ether oxygens (including phenoxy) is 2. The number of dihydropyridines is 1. The number of hydrogen-bond donors (Lipinski definition) is 1. The predicted molar refractivity (Wildman–Crippen MR) is 144 cm³/mol. The maximum absolute atomic E-state index is 13.1. The summed E-state index contributed by atoms with van der Waals surface area (Å²) in [7, 11) is 0. The molecule has 188 valence electrons. The SMILES string of the molecule is CCOc1cc(C2C3=C(CCCC3=O)NC3=C2C(=O)CCC3)cc(Br)c1OCc1ccc(Cl)c(Cl)c1. The fraction of sp³-hybridized carbons (Fsp3) is 0.357. The van der Waals surface area contributed by atoms with Gasteiger partial charge in [0.15, 0.2) is 23.1 Å². The van der Waals surface area contributed by atoms with E-state index in [9.17, 15) is 9.59 Å². The number of benzene rings is 2. The molecule has 0 amide bonds. The maximum Gasteiger partial charge on any atom is 0.175 e. The molecule has 0 atom stereocenters. The van der Waals surface area contributed by atoms with E-state index in [2.05, 4.69) is 21.2 Å². The van der Waals surface area contributed by atoms with E-state index in [0.29, 0.717) is 56.6 Å². The smallest absolute Gasteiger partial charge is 0.175 e. The van der Waals surface area contributed by atoms with E-state index < -0.39 is 5.92 Å². The summed E-state index contributed by atoms with van der Waals surface area (Å²) < 4.78 is 12.8. The number of rotatable bonds is 6. The van der Waals surface area contributed by atoms with E-state index in [0.717, 1.165) is 48.2 Å². The summed E-state index contributed by atoms with van der Waals surface area (Å²) in [6, 6.07) is 9.22. The molecule has 5 rings (SSSR count). The van der Waals surface area contributed by atoms with Crippen LogP contribution >= 0.6 is 39.1 Å². The van der Waals surface area contributed by atoms with E-state index >= 15 is 0 Å². The van der Waals surface area contributed by atoms with Gasteiger partial charge in [-0.2, -0.15) is 0 Å². The number of carbonyl (C=O) groups is 2. The Kier molecular flexibility index (Phi) is 7.47. The Morgan fingerprint density at radius 2 is 1.58 bits per heavy atom. The van der Waals surface area contributed by atoms with Crippen LogP contribution in [0, 0.1) is 0 Å². The molecule has 5 nitrogen and oxygen atoms in total. The summed E-state index contributed by atoms with van der Waals surface area (Å²) in [6.07, 6.45) is 4.27. The quantitative estimate of drug-likeness (QED) is 0.379. The number of allylic oxidation sites excluding steroid dienone is 4. The third-order valence-corrected chi connectivity index (χ3v) is 8.15. The minimum atomic E-state index is -0.406. The molecule has 2 aliphatic carbocycles. The zero-order valence-corrected chi connectivity index (χ0v) is 23.0. The first-order valence-corrected chi connectivity index (χ1v) is 13.7. The van der Waals surface area contributed by atoms with Crippen molar-refractivity contribution >= 4 is 50.7 Å². The van der Waals surface area contributed by atoms with Gasteiger partial charge in [-0.05, 0) is 83.9 Å². The summed E-state index contributed by atoms with van der Waals surface area (Å²) >= 11 is 15.9. The first kappa shape index (κ1) is 25.4. The fourth-order valence-corrected chi connectivity index (χ4v) is 6.15. The molecule has 3 aliphatic rings. The topological polar surface area (TPSA) is 64.6 Å². The van der Waals surface area contributed by atoms with Crippen LogP contribution in [0.4, 0.5) is 0 Å². The van der Waals surface area contributed by atoms with Crippen molar-refractivity contribution in [1.29, 1.82) is 0 Å². The van der Waals surface area contributed by atoms with Crippen LogP contribution in [0.3, 0.4) is 0 Å². The van der Waals surface area contributed by atoms with Gasteiger partial charge in [0.2, 0.25) is 0 Å². The molecular formula is C28H26BrCl2NO4. The fourth-order valence-electron chi connectivity index (χ4n) is 5.26. The average molecular weight is 591 g/mol. The zero-order valence-electron chi connectivity index (χ0n) is 19.9. The van der Waals surface area contributed by atoms with Gasteiger partial charge < -0.3 is 14.8 Å². The van der Waals surface area contributed by atoms with E-state index in [1.54, 1.807) is 12.1 Å².